The number of rotatable bonds is 5. The smallest absolute Gasteiger partial charge is 0.336 e. The molecule has 4 aromatic rings. The summed E-state index contributed by atoms with van der Waals surface area (Å²) in [4.78, 5) is 12.1. The normalized spacial score (nSPS) is 11.5. The lowest BCUT2D eigenvalue weighted by Crippen LogP contribution is -2.11. The van der Waals surface area contributed by atoms with Gasteiger partial charge in [-0.3, -0.25) is 0 Å². The first kappa shape index (κ1) is 20.5. The predicted octanol–water partition coefficient (Wildman–Crippen LogP) is 5.14. The first-order valence-corrected chi connectivity index (χ1v) is 10.9. The SMILES string of the molecule is Cc1cc2oc(=O)cc(CSc3nnc(-c4cccc(Cl)c4)n3N)c2cc1C(C)C. The maximum absolute atomic E-state index is 12.1. The van der Waals surface area contributed by atoms with Gasteiger partial charge in [-0.25, -0.2) is 9.47 Å². The van der Waals surface area contributed by atoms with Gasteiger partial charge in [-0.2, -0.15) is 0 Å². The van der Waals surface area contributed by atoms with Gasteiger partial charge >= 0.3 is 5.63 Å². The molecule has 0 spiro atoms. The third-order valence-electron chi connectivity index (χ3n) is 4.94. The largest absolute Gasteiger partial charge is 0.423 e. The predicted molar refractivity (Wildman–Crippen MR) is 121 cm³/mol. The topological polar surface area (TPSA) is 86.9 Å². The second-order valence-electron chi connectivity index (χ2n) is 7.43. The number of halogens is 1. The third-order valence-corrected chi connectivity index (χ3v) is 6.17. The fraction of sp³-hybridized carbons (Fsp3) is 0.227. The highest BCUT2D eigenvalue weighted by atomic mass is 35.5. The van der Waals surface area contributed by atoms with E-state index in [0.29, 0.717) is 33.3 Å². The molecule has 0 aliphatic heterocycles. The van der Waals surface area contributed by atoms with Gasteiger partial charge in [-0.15, -0.1) is 10.2 Å². The van der Waals surface area contributed by atoms with Gasteiger partial charge in [-0.05, 0) is 53.8 Å². The van der Waals surface area contributed by atoms with E-state index in [0.717, 1.165) is 22.1 Å². The molecule has 2 N–H and O–H groups in total. The van der Waals surface area contributed by atoms with Crippen LogP contribution in [0.1, 0.15) is 36.5 Å². The monoisotopic (exact) mass is 440 g/mol. The first-order valence-electron chi connectivity index (χ1n) is 9.50. The summed E-state index contributed by atoms with van der Waals surface area (Å²) < 4.78 is 6.87. The van der Waals surface area contributed by atoms with Gasteiger partial charge in [0, 0.05) is 27.8 Å². The van der Waals surface area contributed by atoms with E-state index in [9.17, 15) is 4.79 Å². The Balaban J connectivity index is 1.67. The molecule has 4 rings (SSSR count). The van der Waals surface area contributed by atoms with Gasteiger partial charge in [0.25, 0.3) is 0 Å². The van der Waals surface area contributed by atoms with Crippen LogP contribution in [0.25, 0.3) is 22.4 Å². The van der Waals surface area contributed by atoms with Crippen LogP contribution in [0.2, 0.25) is 5.02 Å². The fourth-order valence-electron chi connectivity index (χ4n) is 3.48. The molecule has 2 aromatic carbocycles. The van der Waals surface area contributed by atoms with Crippen LogP contribution >= 0.6 is 23.4 Å². The van der Waals surface area contributed by atoms with Crippen molar-refractivity contribution in [2.75, 3.05) is 5.84 Å². The quantitative estimate of drug-likeness (QED) is 0.262. The third kappa shape index (κ3) is 3.95. The molecule has 0 saturated heterocycles. The van der Waals surface area contributed by atoms with Crippen molar-refractivity contribution in [1.82, 2.24) is 14.9 Å². The van der Waals surface area contributed by atoms with Crippen LogP contribution in [0, 0.1) is 6.92 Å². The minimum Gasteiger partial charge on any atom is -0.423 e. The van der Waals surface area contributed by atoms with Gasteiger partial charge in [0.2, 0.25) is 5.16 Å². The summed E-state index contributed by atoms with van der Waals surface area (Å²) >= 11 is 7.48. The average Bonchev–Trinajstić information content (AvgIpc) is 3.05. The molecule has 0 amide bonds. The molecule has 0 aliphatic rings. The highest BCUT2D eigenvalue weighted by Crippen LogP contribution is 2.31. The van der Waals surface area contributed by atoms with Crippen LogP contribution in [0.15, 0.2) is 56.8 Å². The van der Waals surface area contributed by atoms with E-state index >= 15 is 0 Å². The zero-order valence-electron chi connectivity index (χ0n) is 16.8. The average molecular weight is 441 g/mol. The van der Waals surface area contributed by atoms with E-state index in [1.807, 2.05) is 25.1 Å². The van der Waals surface area contributed by atoms with Gasteiger partial charge in [0.05, 0.1) is 0 Å². The lowest BCUT2D eigenvalue weighted by molar-refractivity contribution is 0.559. The van der Waals surface area contributed by atoms with Crippen molar-refractivity contribution in [1.29, 1.82) is 0 Å². The molecule has 0 aliphatic carbocycles. The second kappa shape index (κ2) is 8.16. The minimum atomic E-state index is -0.372. The number of fused-ring (bicyclic) bond motifs is 1. The van der Waals surface area contributed by atoms with Crippen LogP contribution in [-0.4, -0.2) is 14.9 Å². The fourth-order valence-corrected chi connectivity index (χ4v) is 4.51. The minimum absolute atomic E-state index is 0.370. The lowest BCUT2D eigenvalue weighted by Gasteiger charge is -2.13. The molecule has 0 fully saturated rings. The Labute approximate surface area is 183 Å². The van der Waals surface area contributed by atoms with Crippen LogP contribution < -0.4 is 11.5 Å². The van der Waals surface area contributed by atoms with Crippen molar-refractivity contribution in [2.24, 2.45) is 0 Å². The summed E-state index contributed by atoms with van der Waals surface area (Å²) in [5.41, 5.74) is 4.22. The van der Waals surface area contributed by atoms with Crippen LogP contribution in [-0.2, 0) is 5.75 Å². The van der Waals surface area contributed by atoms with Crippen molar-refractivity contribution in [2.45, 2.75) is 37.6 Å². The number of nitrogen functional groups attached to an aromatic ring is 1. The van der Waals surface area contributed by atoms with E-state index in [-0.39, 0.29) is 5.63 Å². The number of benzene rings is 2. The summed E-state index contributed by atoms with van der Waals surface area (Å²) in [6.07, 6.45) is 0. The number of hydrogen-bond acceptors (Lipinski definition) is 6. The highest BCUT2D eigenvalue weighted by Gasteiger charge is 2.15. The van der Waals surface area contributed by atoms with E-state index in [1.54, 1.807) is 12.1 Å². The Morgan fingerprint density at radius 1 is 1.20 bits per heavy atom. The van der Waals surface area contributed by atoms with E-state index in [2.05, 4.69) is 30.1 Å². The molecule has 2 heterocycles. The standard InChI is InChI=1S/C22H21ClN4O2S/c1-12(2)17-10-18-15(9-20(28)29-19(18)7-13(17)3)11-30-22-26-25-21(27(22)24)14-5-4-6-16(23)8-14/h4-10,12H,11,24H2,1-3H3. The second-order valence-corrected chi connectivity index (χ2v) is 8.80. The van der Waals surface area contributed by atoms with Crippen LogP contribution in [0.5, 0.6) is 0 Å². The van der Waals surface area contributed by atoms with Crippen LogP contribution in [0.4, 0.5) is 0 Å². The summed E-state index contributed by atoms with van der Waals surface area (Å²) in [5, 5.41) is 10.5. The molecule has 2 aromatic heterocycles. The molecular formula is C22H21ClN4O2S. The Morgan fingerprint density at radius 2 is 2.00 bits per heavy atom. The number of nitrogens with two attached hydrogens (primary N) is 1. The zero-order chi connectivity index (χ0) is 21.4. The molecule has 0 unspecified atom stereocenters. The van der Waals surface area contributed by atoms with E-state index in [1.165, 1.54) is 28.1 Å². The summed E-state index contributed by atoms with van der Waals surface area (Å²) in [7, 11) is 0. The number of hydrogen-bond donors (Lipinski definition) is 1. The van der Waals surface area contributed by atoms with Crippen molar-refractivity contribution >= 4 is 34.3 Å². The van der Waals surface area contributed by atoms with Crippen molar-refractivity contribution in [3.63, 3.8) is 0 Å². The summed E-state index contributed by atoms with van der Waals surface area (Å²) in [6, 6.07) is 12.9. The summed E-state index contributed by atoms with van der Waals surface area (Å²) in [6.45, 7) is 6.33. The number of aryl methyl sites for hydroxylation is 1. The molecule has 6 nitrogen and oxygen atoms in total. The molecule has 8 heteroatoms. The Kier molecular flexibility index (Phi) is 5.58. The van der Waals surface area contributed by atoms with Gasteiger partial charge in [-0.1, -0.05) is 49.3 Å². The maximum Gasteiger partial charge on any atom is 0.336 e. The van der Waals surface area contributed by atoms with E-state index < -0.39 is 0 Å². The Morgan fingerprint density at radius 3 is 2.73 bits per heavy atom. The molecule has 0 bridgehead atoms. The molecular weight excluding hydrogens is 420 g/mol. The molecule has 0 atom stereocenters. The van der Waals surface area contributed by atoms with Crippen molar-refractivity contribution in [3.05, 3.63) is 74.6 Å². The summed E-state index contributed by atoms with van der Waals surface area (Å²) in [5.74, 6) is 7.62. The molecule has 154 valence electrons. The Hall–Kier alpha value is -2.77. The van der Waals surface area contributed by atoms with Gasteiger partial charge in [0.15, 0.2) is 5.82 Å². The van der Waals surface area contributed by atoms with Crippen molar-refractivity contribution in [3.8, 4) is 11.4 Å². The lowest BCUT2D eigenvalue weighted by atomic mass is 9.95. The van der Waals surface area contributed by atoms with Gasteiger partial charge < -0.3 is 10.3 Å². The maximum atomic E-state index is 12.1. The first-order chi connectivity index (χ1) is 14.3. The Bertz CT molecular complexity index is 1300. The zero-order valence-corrected chi connectivity index (χ0v) is 18.4. The van der Waals surface area contributed by atoms with Gasteiger partial charge in [0.1, 0.15) is 5.58 Å². The van der Waals surface area contributed by atoms with Crippen molar-refractivity contribution < 1.29 is 4.42 Å². The molecule has 30 heavy (non-hydrogen) atoms. The number of thioether (sulfide) groups is 1. The van der Waals surface area contributed by atoms with E-state index in [4.69, 9.17) is 21.9 Å². The molecule has 0 saturated carbocycles. The number of aromatic nitrogens is 3. The molecule has 0 radical (unpaired) electrons. The van der Waals surface area contributed by atoms with Crippen LogP contribution in [0.3, 0.4) is 0 Å². The highest BCUT2D eigenvalue weighted by molar-refractivity contribution is 7.98. The number of nitrogens with zero attached hydrogens (tertiary/aromatic N) is 3.